The Bertz CT molecular complexity index is 1230. The molecule has 2 amide bonds. The van der Waals surface area contributed by atoms with Crippen molar-refractivity contribution in [1.82, 2.24) is 14.8 Å². The van der Waals surface area contributed by atoms with Crippen LogP contribution in [0.1, 0.15) is 42.6 Å². The Hall–Kier alpha value is -3.68. The summed E-state index contributed by atoms with van der Waals surface area (Å²) in [5, 5.41) is 12.4. The molecule has 1 N–H and O–H groups in total. The van der Waals surface area contributed by atoms with E-state index in [2.05, 4.69) is 11.9 Å². The zero-order valence-electron chi connectivity index (χ0n) is 17.8. The summed E-state index contributed by atoms with van der Waals surface area (Å²) in [6.45, 7) is 2.66. The third-order valence-corrected chi connectivity index (χ3v) is 6.52. The molecule has 2 atom stereocenters. The first-order chi connectivity index (χ1) is 15.5. The van der Waals surface area contributed by atoms with Gasteiger partial charge in [-0.2, -0.15) is 0 Å². The van der Waals surface area contributed by atoms with Gasteiger partial charge < -0.3 is 14.8 Å². The molecule has 0 radical (unpaired) electrons. The number of hydrogen-bond donors (Lipinski definition) is 1. The van der Waals surface area contributed by atoms with Crippen LogP contribution in [0, 0.1) is 10.1 Å². The second kappa shape index (κ2) is 7.78. The maximum Gasteiger partial charge on any atom is 0.269 e. The molecule has 1 saturated heterocycles. The lowest BCUT2D eigenvalue weighted by Gasteiger charge is -2.47. The molecule has 0 aliphatic carbocycles. The Morgan fingerprint density at radius 3 is 2.75 bits per heavy atom. The van der Waals surface area contributed by atoms with Gasteiger partial charge in [0.1, 0.15) is 6.04 Å². The van der Waals surface area contributed by atoms with E-state index in [1.807, 2.05) is 24.3 Å². The Labute approximate surface area is 185 Å². The molecule has 2 aliphatic rings. The summed E-state index contributed by atoms with van der Waals surface area (Å²) in [5.74, 6) is -0.184. The fraction of sp³-hybridized carbons (Fsp3) is 0.333. The van der Waals surface area contributed by atoms with Crippen molar-refractivity contribution in [1.29, 1.82) is 0 Å². The number of non-ortho nitro benzene ring substituents is 1. The number of nitro groups is 1. The van der Waals surface area contributed by atoms with Gasteiger partial charge in [0.2, 0.25) is 11.8 Å². The van der Waals surface area contributed by atoms with Gasteiger partial charge >= 0.3 is 0 Å². The monoisotopic (exact) mass is 432 g/mol. The van der Waals surface area contributed by atoms with Crippen LogP contribution in [0.15, 0.2) is 48.5 Å². The number of H-pyrrole nitrogens is 1. The molecule has 0 bridgehead atoms. The summed E-state index contributed by atoms with van der Waals surface area (Å²) in [5.41, 5.74) is 3.33. The standard InChI is InChI=1S/C24H24N4O4/c1-2-3-11-26-14-21(29)27-20(24(26)30)13-18-17-9-4-5-10-19(17)25-22(18)23(27)15-7-6-8-16(12-15)28(31)32/h4-10,12,20,23,25H,2-3,11,13-14H2,1H3/t20-,23?/m0/s1. The fourth-order valence-corrected chi connectivity index (χ4v) is 5.02. The fourth-order valence-electron chi connectivity index (χ4n) is 5.02. The number of benzene rings is 2. The number of nitrogens with one attached hydrogen (secondary N) is 1. The van der Waals surface area contributed by atoms with Crippen LogP contribution in [-0.4, -0.2) is 50.7 Å². The largest absolute Gasteiger partial charge is 0.356 e. The molecule has 0 spiro atoms. The van der Waals surface area contributed by atoms with Gasteiger partial charge in [-0.25, -0.2) is 0 Å². The van der Waals surface area contributed by atoms with Crippen molar-refractivity contribution >= 4 is 28.4 Å². The number of amides is 2. The molecule has 3 heterocycles. The van der Waals surface area contributed by atoms with E-state index in [0.717, 1.165) is 35.0 Å². The maximum absolute atomic E-state index is 13.4. The van der Waals surface area contributed by atoms with E-state index in [-0.39, 0.29) is 24.0 Å². The number of nitro benzene ring substituents is 1. The number of unbranched alkanes of at least 4 members (excludes halogenated alkanes) is 1. The van der Waals surface area contributed by atoms with E-state index < -0.39 is 17.0 Å². The number of para-hydroxylation sites is 1. The summed E-state index contributed by atoms with van der Waals surface area (Å²) in [6.07, 6.45) is 2.21. The quantitative estimate of drug-likeness (QED) is 0.492. The van der Waals surface area contributed by atoms with E-state index >= 15 is 0 Å². The van der Waals surface area contributed by atoms with Crippen molar-refractivity contribution in [3.8, 4) is 0 Å². The minimum Gasteiger partial charge on any atom is -0.356 e. The molecule has 8 nitrogen and oxygen atoms in total. The molecule has 1 aromatic heterocycles. The van der Waals surface area contributed by atoms with Crippen LogP contribution < -0.4 is 0 Å². The molecule has 1 fully saturated rings. The number of aromatic amines is 1. The first-order valence-corrected chi connectivity index (χ1v) is 10.9. The van der Waals surface area contributed by atoms with Crippen molar-refractivity contribution < 1.29 is 14.5 Å². The lowest BCUT2D eigenvalue weighted by molar-refractivity contribution is -0.384. The summed E-state index contributed by atoms with van der Waals surface area (Å²) in [7, 11) is 0. The average molecular weight is 432 g/mol. The van der Waals surface area contributed by atoms with Crippen molar-refractivity contribution in [3.05, 3.63) is 75.5 Å². The second-order valence-electron chi connectivity index (χ2n) is 8.45. The third kappa shape index (κ3) is 3.14. The Kier molecular flexibility index (Phi) is 4.92. The number of carbonyl (C=O) groups is 2. The van der Waals surface area contributed by atoms with Gasteiger partial charge in [0.15, 0.2) is 0 Å². The molecule has 2 aromatic carbocycles. The SMILES string of the molecule is CCCCN1CC(=O)N2C(c3cccc([N+](=O)[O-])c3)c3[nH]c4ccccc4c3C[C@H]2C1=O. The highest BCUT2D eigenvalue weighted by atomic mass is 16.6. The topological polar surface area (TPSA) is 99.5 Å². The van der Waals surface area contributed by atoms with E-state index in [1.165, 1.54) is 12.1 Å². The van der Waals surface area contributed by atoms with Crippen LogP contribution in [-0.2, 0) is 16.0 Å². The number of fused-ring (bicyclic) bond motifs is 4. The maximum atomic E-state index is 13.4. The Balaban J connectivity index is 1.68. The summed E-state index contributed by atoms with van der Waals surface area (Å²) in [4.78, 5) is 44.5. The average Bonchev–Trinajstić information content (AvgIpc) is 3.17. The van der Waals surface area contributed by atoms with Crippen LogP contribution in [0.5, 0.6) is 0 Å². The number of rotatable bonds is 5. The highest BCUT2D eigenvalue weighted by Crippen LogP contribution is 2.43. The van der Waals surface area contributed by atoms with Gasteiger partial charge in [-0.15, -0.1) is 0 Å². The molecule has 5 rings (SSSR count). The number of carbonyl (C=O) groups excluding carboxylic acids is 2. The summed E-state index contributed by atoms with van der Waals surface area (Å²) in [6, 6.07) is 13.0. The lowest BCUT2D eigenvalue weighted by Crippen LogP contribution is -2.63. The normalized spacial score (nSPS) is 20.4. The number of aromatic nitrogens is 1. The summed E-state index contributed by atoms with van der Waals surface area (Å²) >= 11 is 0. The zero-order chi connectivity index (χ0) is 22.4. The van der Waals surface area contributed by atoms with Crippen molar-refractivity contribution in [2.24, 2.45) is 0 Å². The van der Waals surface area contributed by atoms with Crippen LogP contribution in [0.25, 0.3) is 10.9 Å². The minimum absolute atomic E-state index is 0.0380. The van der Waals surface area contributed by atoms with Crippen LogP contribution in [0.3, 0.4) is 0 Å². The number of nitrogens with zero attached hydrogens (tertiary/aromatic N) is 3. The summed E-state index contributed by atoms with van der Waals surface area (Å²) < 4.78 is 0. The molecular weight excluding hydrogens is 408 g/mol. The van der Waals surface area contributed by atoms with Gasteiger partial charge in [0, 0.05) is 41.7 Å². The molecule has 3 aromatic rings. The van der Waals surface area contributed by atoms with Gasteiger partial charge in [-0.3, -0.25) is 19.7 Å². The van der Waals surface area contributed by atoms with E-state index in [0.29, 0.717) is 18.5 Å². The third-order valence-electron chi connectivity index (χ3n) is 6.52. The molecule has 8 heteroatoms. The lowest BCUT2D eigenvalue weighted by atomic mass is 9.86. The van der Waals surface area contributed by atoms with Crippen LogP contribution in [0.2, 0.25) is 0 Å². The molecule has 1 unspecified atom stereocenters. The highest BCUT2D eigenvalue weighted by molar-refractivity contribution is 5.97. The minimum atomic E-state index is -0.621. The number of hydrogen-bond acceptors (Lipinski definition) is 4. The second-order valence-corrected chi connectivity index (χ2v) is 8.45. The smallest absolute Gasteiger partial charge is 0.269 e. The van der Waals surface area contributed by atoms with Crippen LogP contribution >= 0.6 is 0 Å². The van der Waals surface area contributed by atoms with Crippen molar-refractivity contribution in [2.75, 3.05) is 13.1 Å². The first kappa shape index (κ1) is 20.2. The number of piperazine rings is 1. The molecule has 32 heavy (non-hydrogen) atoms. The first-order valence-electron chi connectivity index (χ1n) is 10.9. The predicted octanol–water partition coefficient (Wildman–Crippen LogP) is 3.56. The van der Waals surface area contributed by atoms with E-state index in [1.54, 1.807) is 21.9 Å². The van der Waals surface area contributed by atoms with Crippen LogP contribution in [0.4, 0.5) is 5.69 Å². The van der Waals surface area contributed by atoms with Crippen molar-refractivity contribution in [2.45, 2.75) is 38.3 Å². The highest BCUT2D eigenvalue weighted by Gasteiger charge is 2.48. The van der Waals surface area contributed by atoms with E-state index in [4.69, 9.17) is 0 Å². The van der Waals surface area contributed by atoms with E-state index in [9.17, 15) is 19.7 Å². The Morgan fingerprint density at radius 2 is 1.97 bits per heavy atom. The molecule has 0 saturated carbocycles. The van der Waals surface area contributed by atoms with Gasteiger partial charge in [-0.05, 0) is 23.6 Å². The van der Waals surface area contributed by atoms with Gasteiger partial charge in [0.25, 0.3) is 5.69 Å². The molecular formula is C24H24N4O4. The van der Waals surface area contributed by atoms with Gasteiger partial charge in [0.05, 0.1) is 17.5 Å². The van der Waals surface area contributed by atoms with Gasteiger partial charge in [-0.1, -0.05) is 43.7 Å². The molecule has 164 valence electrons. The predicted molar refractivity (Wildman–Crippen MR) is 119 cm³/mol. The van der Waals surface area contributed by atoms with Crippen molar-refractivity contribution in [3.63, 3.8) is 0 Å². The zero-order valence-corrected chi connectivity index (χ0v) is 17.8. The Morgan fingerprint density at radius 1 is 1.16 bits per heavy atom. The molecule has 2 aliphatic heterocycles.